The van der Waals surface area contributed by atoms with Gasteiger partial charge in [-0.2, -0.15) is 4.31 Å². The molecule has 6 nitrogen and oxygen atoms in total. The molecule has 0 radical (unpaired) electrons. The summed E-state index contributed by atoms with van der Waals surface area (Å²) in [5.41, 5.74) is 1.21. The highest BCUT2D eigenvalue weighted by Crippen LogP contribution is 2.21. The van der Waals surface area contributed by atoms with E-state index in [1.165, 1.54) is 4.31 Å². The number of aromatic hydroxyl groups is 1. The number of nitrogens with zero attached hydrogens (tertiary/aromatic N) is 2. The number of para-hydroxylation sites is 1. The molecule has 7 heteroatoms. The first kappa shape index (κ1) is 16.6. The molecular weight excluding hydrogens is 328 g/mol. The lowest BCUT2D eigenvalue weighted by molar-refractivity contribution is 0.0730. The van der Waals surface area contributed by atoms with Crippen LogP contribution in [0.5, 0.6) is 5.75 Å². The molecule has 126 valence electrons. The van der Waals surface area contributed by atoms with Gasteiger partial charge in [0, 0.05) is 24.9 Å². The molecule has 3 rings (SSSR count). The molecule has 2 aromatic carbocycles. The summed E-state index contributed by atoms with van der Waals surface area (Å²) in [6, 6.07) is 13.2. The molecule has 0 spiro atoms. The Bertz CT molecular complexity index is 826. The number of sulfonamides is 1. The molecule has 1 aliphatic heterocycles. The van der Waals surface area contributed by atoms with Crippen LogP contribution in [0.25, 0.3) is 0 Å². The number of hydrogen-bond acceptors (Lipinski definition) is 5. The monoisotopic (exact) mass is 346 g/mol. The third-order valence-corrected chi connectivity index (χ3v) is 5.65. The van der Waals surface area contributed by atoms with E-state index >= 15 is 0 Å². The molecule has 0 unspecified atom stereocenters. The van der Waals surface area contributed by atoms with Crippen LogP contribution >= 0.6 is 0 Å². The van der Waals surface area contributed by atoms with E-state index in [-0.39, 0.29) is 10.6 Å². The van der Waals surface area contributed by atoms with Crippen LogP contribution in [0.3, 0.4) is 0 Å². The van der Waals surface area contributed by atoms with Crippen molar-refractivity contribution in [1.82, 2.24) is 4.31 Å². The lowest BCUT2D eigenvalue weighted by Crippen LogP contribution is -2.40. The van der Waals surface area contributed by atoms with Crippen molar-refractivity contribution in [3.05, 3.63) is 54.1 Å². The number of hydrogen-bond donors (Lipinski definition) is 1. The van der Waals surface area contributed by atoms with Gasteiger partial charge in [-0.15, -0.1) is 0 Å². The van der Waals surface area contributed by atoms with E-state index in [0.717, 1.165) is 0 Å². The van der Waals surface area contributed by atoms with Crippen LogP contribution in [0.4, 0.5) is 5.69 Å². The van der Waals surface area contributed by atoms with Gasteiger partial charge in [-0.25, -0.2) is 8.42 Å². The van der Waals surface area contributed by atoms with E-state index in [0.29, 0.717) is 37.6 Å². The van der Waals surface area contributed by atoms with Crippen molar-refractivity contribution >= 4 is 21.9 Å². The van der Waals surface area contributed by atoms with Gasteiger partial charge in [0.2, 0.25) is 10.0 Å². The smallest absolute Gasteiger partial charge is 0.243 e. The van der Waals surface area contributed by atoms with Crippen LogP contribution in [0.15, 0.2) is 58.4 Å². The summed E-state index contributed by atoms with van der Waals surface area (Å²) < 4.78 is 31.7. The first-order valence-corrected chi connectivity index (χ1v) is 9.01. The minimum Gasteiger partial charge on any atom is -0.507 e. The molecule has 0 atom stereocenters. The second-order valence-corrected chi connectivity index (χ2v) is 7.27. The van der Waals surface area contributed by atoms with Gasteiger partial charge in [0.1, 0.15) is 5.75 Å². The molecule has 0 amide bonds. The van der Waals surface area contributed by atoms with Gasteiger partial charge >= 0.3 is 0 Å². The fourth-order valence-electron chi connectivity index (χ4n) is 2.38. The Balaban J connectivity index is 1.77. The molecule has 1 saturated heterocycles. The largest absolute Gasteiger partial charge is 0.507 e. The average molecular weight is 346 g/mol. The number of rotatable bonds is 4. The average Bonchev–Trinajstić information content (AvgIpc) is 2.62. The normalized spacial score (nSPS) is 16.5. The summed E-state index contributed by atoms with van der Waals surface area (Å²) in [5, 5.41) is 9.70. The van der Waals surface area contributed by atoms with Gasteiger partial charge in [-0.1, -0.05) is 12.1 Å². The van der Waals surface area contributed by atoms with E-state index < -0.39 is 10.0 Å². The van der Waals surface area contributed by atoms with Crippen molar-refractivity contribution in [2.75, 3.05) is 26.3 Å². The summed E-state index contributed by atoms with van der Waals surface area (Å²) >= 11 is 0. The molecule has 1 fully saturated rings. The Hall–Kier alpha value is -2.22. The second-order valence-electron chi connectivity index (χ2n) is 5.33. The first-order chi connectivity index (χ1) is 11.6. The number of morpholine rings is 1. The molecule has 2 aromatic rings. The molecule has 1 aliphatic rings. The highest BCUT2D eigenvalue weighted by Gasteiger charge is 2.25. The summed E-state index contributed by atoms with van der Waals surface area (Å²) in [4.78, 5) is 4.50. The van der Waals surface area contributed by atoms with Crippen molar-refractivity contribution in [3.8, 4) is 5.75 Å². The fraction of sp³-hybridized carbons (Fsp3) is 0.235. The Morgan fingerprint density at radius 1 is 1.04 bits per heavy atom. The molecule has 1 N–H and O–H groups in total. The van der Waals surface area contributed by atoms with E-state index in [2.05, 4.69) is 4.99 Å². The fourth-order valence-corrected chi connectivity index (χ4v) is 3.79. The SMILES string of the molecule is O=S(=O)(c1ccc(N=Cc2ccccc2O)cc1)N1CCOCC1. The number of phenols is 1. The maximum absolute atomic E-state index is 12.5. The summed E-state index contributed by atoms with van der Waals surface area (Å²) in [5.74, 6) is 0.146. The Labute approximate surface area is 141 Å². The third-order valence-electron chi connectivity index (χ3n) is 3.73. The van der Waals surface area contributed by atoms with Gasteiger partial charge < -0.3 is 9.84 Å². The zero-order valence-electron chi connectivity index (χ0n) is 13.0. The summed E-state index contributed by atoms with van der Waals surface area (Å²) in [7, 11) is -3.49. The van der Waals surface area contributed by atoms with Gasteiger partial charge in [-0.05, 0) is 36.4 Å². The molecule has 1 heterocycles. The molecule has 0 aliphatic carbocycles. The number of aliphatic imine (C=N–C) groups is 1. The number of phenolic OH excluding ortho intramolecular Hbond substituents is 1. The van der Waals surface area contributed by atoms with Crippen molar-refractivity contribution in [1.29, 1.82) is 0 Å². The standard InChI is InChI=1S/C17H18N2O4S/c20-17-4-2-1-3-14(17)13-18-15-5-7-16(8-6-15)24(21,22)19-9-11-23-12-10-19/h1-8,13,20H,9-12H2. The first-order valence-electron chi connectivity index (χ1n) is 7.57. The van der Waals surface area contributed by atoms with E-state index in [1.54, 1.807) is 54.7 Å². The topological polar surface area (TPSA) is 79.2 Å². The minimum atomic E-state index is -3.49. The van der Waals surface area contributed by atoms with Crippen LogP contribution in [0, 0.1) is 0 Å². The van der Waals surface area contributed by atoms with Crippen LogP contribution in [-0.4, -0.2) is 50.3 Å². The van der Waals surface area contributed by atoms with Crippen LogP contribution in [0.1, 0.15) is 5.56 Å². The molecular formula is C17H18N2O4S. The molecule has 0 bridgehead atoms. The summed E-state index contributed by atoms with van der Waals surface area (Å²) in [6.45, 7) is 1.58. The lowest BCUT2D eigenvalue weighted by Gasteiger charge is -2.26. The molecule has 0 aromatic heterocycles. The number of benzene rings is 2. The third kappa shape index (κ3) is 3.64. The maximum atomic E-state index is 12.5. The highest BCUT2D eigenvalue weighted by molar-refractivity contribution is 7.89. The van der Waals surface area contributed by atoms with Crippen LogP contribution in [-0.2, 0) is 14.8 Å². The van der Waals surface area contributed by atoms with Gasteiger partial charge in [-0.3, -0.25) is 4.99 Å². The Morgan fingerprint density at radius 2 is 1.71 bits per heavy atom. The number of ether oxygens (including phenoxy) is 1. The highest BCUT2D eigenvalue weighted by atomic mass is 32.2. The quantitative estimate of drug-likeness (QED) is 0.861. The van der Waals surface area contributed by atoms with Crippen molar-refractivity contribution in [2.24, 2.45) is 4.99 Å². The van der Waals surface area contributed by atoms with Crippen LogP contribution in [0.2, 0.25) is 0 Å². The van der Waals surface area contributed by atoms with Crippen molar-refractivity contribution in [2.45, 2.75) is 4.90 Å². The zero-order chi connectivity index (χ0) is 17.0. The van der Waals surface area contributed by atoms with Gasteiger partial charge in [0.25, 0.3) is 0 Å². The van der Waals surface area contributed by atoms with Crippen molar-refractivity contribution < 1.29 is 18.3 Å². The lowest BCUT2D eigenvalue weighted by atomic mass is 10.2. The second kappa shape index (κ2) is 7.12. The summed E-state index contributed by atoms with van der Waals surface area (Å²) in [6.07, 6.45) is 1.54. The minimum absolute atomic E-state index is 0.146. The van der Waals surface area contributed by atoms with Crippen molar-refractivity contribution in [3.63, 3.8) is 0 Å². The van der Waals surface area contributed by atoms with E-state index in [9.17, 15) is 13.5 Å². The van der Waals surface area contributed by atoms with Gasteiger partial charge in [0.05, 0.1) is 23.8 Å². The Morgan fingerprint density at radius 3 is 2.38 bits per heavy atom. The Kier molecular flexibility index (Phi) is 4.94. The molecule has 24 heavy (non-hydrogen) atoms. The predicted octanol–water partition coefficient (Wildman–Crippen LogP) is 2.16. The predicted molar refractivity (Wildman–Crippen MR) is 91.4 cm³/mol. The van der Waals surface area contributed by atoms with E-state index in [4.69, 9.17) is 4.74 Å². The van der Waals surface area contributed by atoms with Crippen LogP contribution < -0.4 is 0 Å². The van der Waals surface area contributed by atoms with E-state index in [1.807, 2.05) is 0 Å². The van der Waals surface area contributed by atoms with Gasteiger partial charge in [0.15, 0.2) is 0 Å². The maximum Gasteiger partial charge on any atom is 0.243 e. The zero-order valence-corrected chi connectivity index (χ0v) is 13.8. The molecule has 0 saturated carbocycles.